The second-order valence-corrected chi connectivity index (χ2v) is 5.40. The molecule has 0 saturated carbocycles. The van der Waals surface area contributed by atoms with E-state index in [1.165, 1.54) is 6.08 Å². The van der Waals surface area contributed by atoms with E-state index in [1.54, 1.807) is 30.3 Å². The third-order valence-electron chi connectivity index (χ3n) is 3.73. The molecule has 0 N–H and O–H groups in total. The van der Waals surface area contributed by atoms with Crippen molar-refractivity contribution in [2.24, 2.45) is 0 Å². The number of hydrogen-bond acceptors (Lipinski definition) is 4. The van der Waals surface area contributed by atoms with Gasteiger partial charge in [0.2, 0.25) is 0 Å². The first-order chi connectivity index (χ1) is 11.6. The fourth-order valence-corrected chi connectivity index (χ4v) is 2.56. The maximum atomic E-state index is 12.3. The van der Waals surface area contributed by atoms with Crippen LogP contribution in [0.3, 0.4) is 0 Å². The largest absolute Gasteiger partial charge is 0.458 e. The molecule has 4 nitrogen and oxygen atoms in total. The van der Waals surface area contributed by atoms with E-state index in [9.17, 15) is 9.59 Å². The van der Waals surface area contributed by atoms with Crippen molar-refractivity contribution in [1.29, 1.82) is 0 Å². The minimum absolute atomic E-state index is 0.161. The summed E-state index contributed by atoms with van der Waals surface area (Å²) in [6.45, 7) is 5.51. The van der Waals surface area contributed by atoms with Crippen LogP contribution >= 0.6 is 0 Å². The van der Waals surface area contributed by atoms with Crippen LogP contribution in [0.1, 0.15) is 15.9 Å². The summed E-state index contributed by atoms with van der Waals surface area (Å²) in [4.78, 5) is 24.2. The molecule has 0 aliphatic carbocycles. The van der Waals surface area contributed by atoms with Crippen molar-refractivity contribution in [2.45, 2.75) is 6.92 Å². The van der Waals surface area contributed by atoms with E-state index in [0.29, 0.717) is 16.7 Å². The topological polar surface area (TPSA) is 56.5 Å². The molecule has 0 radical (unpaired) electrons. The molecule has 0 fully saturated rings. The standard InChI is InChI=1S/C20H16O4/c1-3-10-23-19(21)15-8-9-16(13(2)11-15)17-12-14-6-4-5-7-18(14)24-20(17)22/h3-9,11-12H,1,10H2,2H3. The molecule has 0 bridgehead atoms. The van der Waals surface area contributed by atoms with Crippen molar-refractivity contribution in [3.8, 4) is 11.1 Å². The lowest BCUT2D eigenvalue weighted by atomic mass is 9.99. The molecule has 3 aromatic rings. The van der Waals surface area contributed by atoms with Gasteiger partial charge in [-0.2, -0.15) is 0 Å². The minimum Gasteiger partial charge on any atom is -0.458 e. The van der Waals surface area contributed by atoms with Crippen molar-refractivity contribution in [3.05, 3.63) is 82.7 Å². The van der Waals surface area contributed by atoms with Crippen LogP contribution in [0.2, 0.25) is 0 Å². The lowest BCUT2D eigenvalue weighted by Crippen LogP contribution is -2.07. The number of fused-ring (bicyclic) bond motifs is 1. The third kappa shape index (κ3) is 2.99. The molecule has 2 aromatic carbocycles. The van der Waals surface area contributed by atoms with Crippen LogP contribution in [0, 0.1) is 6.92 Å². The van der Waals surface area contributed by atoms with Gasteiger partial charge in [0.25, 0.3) is 0 Å². The summed E-state index contributed by atoms with van der Waals surface area (Å²) >= 11 is 0. The number of para-hydroxylation sites is 1. The lowest BCUT2D eigenvalue weighted by molar-refractivity contribution is 0.0549. The van der Waals surface area contributed by atoms with Gasteiger partial charge in [0.15, 0.2) is 0 Å². The van der Waals surface area contributed by atoms with Crippen molar-refractivity contribution in [1.82, 2.24) is 0 Å². The first-order valence-corrected chi connectivity index (χ1v) is 7.52. The number of hydrogen-bond donors (Lipinski definition) is 0. The maximum Gasteiger partial charge on any atom is 0.344 e. The van der Waals surface area contributed by atoms with Gasteiger partial charge in [0.05, 0.1) is 11.1 Å². The van der Waals surface area contributed by atoms with Crippen molar-refractivity contribution in [3.63, 3.8) is 0 Å². The Bertz CT molecular complexity index is 982. The minimum atomic E-state index is -0.421. The first kappa shape index (κ1) is 15.7. The van der Waals surface area contributed by atoms with E-state index in [0.717, 1.165) is 16.5 Å². The van der Waals surface area contributed by atoms with Crippen LogP contribution in [-0.4, -0.2) is 12.6 Å². The highest BCUT2D eigenvalue weighted by molar-refractivity contribution is 5.91. The number of benzene rings is 2. The van der Waals surface area contributed by atoms with Crippen molar-refractivity contribution < 1.29 is 13.9 Å². The molecule has 0 amide bonds. The van der Waals surface area contributed by atoms with Gasteiger partial charge in [-0.05, 0) is 42.3 Å². The highest BCUT2D eigenvalue weighted by atomic mass is 16.5. The van der Waals surface area contributed by atoms with Gasteiger partial charge in [-0.25, -0.2) is 9.59 Å². The number of carbonyl (C=O) groups excluding carboxylic acids is 1. The summed E-state index contributed by atoms with van der Waals surface area (Å²) < 4.78 is 10.4. The van der Waals surface area contributed by atoms with Crippen LogP contribution in [-0.2, 0) is 4.74 Å². The molecule has 0 unspecified atom stereocenters. The average molecular weight is 320 g/mol. The molecule has 3 rings (SSSR count). The lowest BCUT2D eigenvalue weighted by Gasteiger charge is -2.08. The SMILES string of the molecule is C=CCOC(=O)c1ccc(-c2cc3ccccc3oc2=O)c(C)c1. The summed E-state index contributed by atoms with van der Waals surface area (Å²) in [6, 6.07) is 14.2. The molecule has 1 aromatic heterocycles. The van der Waals surface area contributed by atoms with Crippen LogP contribution in [0.15, 0.2) is 70.4 Å². The van der Waals surface area contributed by atoms with Gasteiger partial charge < -0.3 is 9.15 Å². The van der Waals surface area contributed by atoms with Gasteiger partial charge >= 0.3 is 11.6 Å². The van der Waals surface area contributed by atoms with E-state index in [4.69, 9.17) is 9.15 Å². The highest BCUT2D eigenvalue weighted by Crippen LogP contribution is 2.25. The molecule has 0 saturated heterocycles. The smallest absolute Gasteiger partial charge is 0.344 e. The van der Waals surface area contributed by atoms with Gasteiger partial charge in [-0.1, -0.05) is 36.9 Å². The fourth-order valence-electron chi connectivity index (χ4n) is 2.56. The van der Waals surface area contributed by atoms with Gasteiger partial charge in [0, 0.05) is 5.39 Å². The van der Waals surface area contributed by atoms with Crippen LogP contribution in [0.25, 0.3) is 22.1 Å². The van der Waals surface area contributed by atoms with E-state index < -0.39 is 11.6 Å². The molecule has 0 spiro atoms. The van der Waals surface area contributed by atoms with Crippen LogP contribution in [0.4, 0.5) is 0 Å². The molecule has 24 heavy (non-hydrogen) atoms. The number of aryl methyl sites for hydroxylation is 1. The van der Waals surface area contributed by atoms with Crippen molar-refractivity contribution >= 4 is 16.9 Å². The highest BCUT2D eigenvalue weighted by Gasteiger charge is 2.13. The monoisotopic (exact) mass is 320 g/mol. The van der Waals surface area contributed by atoms with Gasteiger partial charge in [0.1, 0.15) is 12.2 Å². The Morgan fingerprint density at radius 3 is 2.71 bits per heavy atom. The summed E-state index contributed by atoms with van der Waals surface area (Å²) in [5.74, 6) is -0.421. The zero-order chi connectivity index (χ0) is 17.1. The second-order valence-electron chi connectivity index (χ2n) is 5.40. The molecule has 4 heteroatoms. The zero-order valence-corrected chi connectivity index (χ0v) is 13.2. The molecule has 120 valence electrons. The summed E-state index contributed by atoms with van der Waals surface area (Å²) in [5.41, 5.74) is 2.58. The summed E-state index contributed by atoms with van der Waals surface area (Å²) in [7, 11) is 0. The van der Waals surface area contributed by atoms with Gasteiger partial charge in [-0.3, -0.25) is 0 Å². The number of esters is 1. The number of carbonyl (C=O) groups is 1. The Balaban J connectivity index is 2.04. The Hall–Kier alpha value is -3.14. The Labute approximate surface area is 139 Å². The molecule has 0 aliphatic heterocycles. The van der Waals surface area contributed by atoms with E-state index in [-0.39, 0.29) is 6.61 Å². The Morgan fingerprint density at radius 2 is 1.96 bits per heavy atom. The second kappa shape index (κ2) is 6.54. The molecular formula is C20H16O4. The molecular weight excluding hydrogens is 304 g/mol. The van der Waals surface area contributed by atoms with E-state index >= 15 is 0 Å². The molecule has 1 heterocycles. The van der Waals surface area contributed by atoms with Crippen LogP contribution in [0.5, 0.6) is 0 Å². The number of rotatable bonds is 4. The summed E-state index contributed by atoms with van der Waals surface area (Å²) in [5, 5.41) is 0.848. The van der Waals surface area contributed by atoms with Crippen LogP contribution < -0.4 is 5.63 Å². The fraction of sp³-hybridized carbons (Fsp3) is 0.100. The molecule has 0 atom stereocenters. The average Bonchev–Trinajstić information content (AvgIpc) is 2.59. The van der Waals surface area contributed by atoms with E-state index in [1.807, 2.05) is 25.1 Å². The quantitative estimate of drug-likeness (QED) is 0.412. The Morgan fingerprint density at radius 1 is 1.17 bits per heavy atom. The number of ether oxygens (including phenoxy) is 1. The van der Waals surface area contributed by atoms with Gasteiger partial charge in [-0.15, -0.1) is 0 Å². The molecule has 0 aliphatic rings. The third-order valence-corrected chi connectivity index (χ3v) is 3.73. The van der Waals surface area contributed by atoms with Crippen molar-refractivity contribution in [2.75, 3.05) is 6.61 Å². The predicted molar refractivity (Wildman–Crippen MR) is 93.1 cm³/mol. The maximum absolute atomic E-state index is 12.3. The normalized spacial score (nSPS) is 10.5. The first-order valence-electron chi connectivity index (χ1n) is 7.52. The Kier molecular flexibility index (Phi) is 4.29. The predicted octanol–water partition coefficient (Wildman–Crippen LogP) is 4.11. The van der Waals surface area contributed by atoms with E-state index in [2.05, 4.69) is 6.58 Å². The zero-order valence-electron chi connectivity index (χ0n) is 13.2. The summed E-state index contributed by atoms with van der Waals surface area (Å²) in [6.07, 6.45) is 1.51.